The molecular formula is C22H22N4S. The second kappa shape index (κ2) is 7.76. The Balaban J connectivity index is 1.35. The lowest BCUT2D eigenvalue weighted by atomic mass is 10.1. The van der Waals surface area contributed by atoms with Gasteiger partial charge in [0.25, 0.3) is 0 Å². The normalized spacial score (nSPS) is 13.7. The van der Waals surface area contributed by atoms with Gasteiger partial charge >= 0.3 is 0 Å². The van der Waals surface area contributed by atoms with Gasteiger partial charge in [-0.05, 0) is 48.0 Å². The third-order valence-electron chi connectivity index (χ3n) is 4.82. The summed E-state index contributed by atoms with van der Waals surface area (Å²) in [5.41, 5.74) is 4.83. The van der Waals surface area contributed by atoms with Crippen LogP contribution in [0.2, 0.25) is 0 Å². The SMILES string of the molecule is C[C@H](NC(=S)Nc1ccc(N2Cc3ccccc3C2)nc1)c1ccccc1. The summed E-state index contributed by atoms with van der Waals surface area (Å²) in [5.74, 6) is 0.980. The second-order valence-electron chi connectivity index (χ2n) is 6.76. The molecule has 2 aromatic carbocycles. The van der Waals surface area contributed by atoms with E-state index in [1.165, 1.54) is 16.7 Å². The van der Waals surface area contributed by atoms with Crippen molar-refractivity contribution in [2.24, 2.45) is 0 Å². The minimum Gasteiger partial charge on any atom is -0.356 e. The van der Waals surface area contributed by atoms with Crippen molar-refractivity contribution in [1.29, 1.82) is 0 Å². The van der Waals surface area contributed by atoms with Crippen LogP contribution in [0.15, 0.2) is 72.9 Å². The van der Waals surface area contributed by atoms with Crippen molar-refractivity contribution in [3.63, 3.8) is 0 Å². The Morgan fingerprint density at radius 2 is 1.63 bits per heavy atom. The Labute approximate surface area is 165 Å². The molecule has 2 N–H and O–H groups in total. The van der Waals surface area contributed by atoms with Gasteiger partial charge < -0.3 is 15.5 Å². The molecule has 4 nitrogen and oxygen atoms in total. The number of pyridine rings is 1. The van der Waals surface area contributed by atoms with Crippen molar-refractivity contribution in [2.45, 2.75) is 26.1 Å². The van der Waals surface area contributed by atoms with Gasteiger partial charge in [-0.1, -0.05) is 54.6 Å². The molecule has 27 heavy (non-hydrogen) atoms. The zero-order valence-electron chi connectivity index (χ0n) is 15.2. The zero-order chi connectivity index (χ0) is 18.6. The van der Waals surface area contributed by atoms with E-state index in [0.717, 1.165) is 24.6 Å². The van der Waals surface area contributed by atoms with E-state index in [1.54, 1.807) is 0 Å². The van der Waals surface area contributed by atoms with E-state index in [0.29, 0.717) is 5.11 Å². The number of fused-ring (bicyclic) bond motifs is 1. The smallest absolute Gasteiger partial charge is 0.171 e. The molecule has 136 valence electrons. The Bertz CT molecular complexity index is 900. The van der Waals surface area contributed by atoms with E-state index in [-0.39, 0.29) is 6.04 Å². The Morgan fingerprint density at radius 3 is 2.26 bits per heavy atom. The minimum atomic E-state index is 0.140. The molecule has 1 aliphatic heterocycles. The molecule has 1 aromatic heterocycles. The van der Waals surface area contributed by atoms with Crippen LogP contribution in [-0.2, 0) is 13.1 Å². The zero-order valence-corrected chi connectivity index (χ0v) is 16.0. The van der Waals surface area contributed by atoms with Crippen LogP contribution in [0.4, 0.5) is 11.5 Å². The van der Waals surface area contributed by atoms with Gasteiger partial charge in [0.05, 0.1) is 17.9 Å². The standard InChI is InChI=1S/C22H22N4S/c1-16(17-7-3-2-4-8-17)24-22(27)25-20-11-12-21(23-13-20)26-14-18-9-5-6-10-19(18)15-26/h2-13,16H,14-15H2,1H3,(H2,24,25,27)/t16-/m0/s1. The van der Waals surface area contributed by atoms with Crippen LogP contribution in [0.5, 0.6) is 0 Å². The van der Waals surface area contributed by atoms with Crippen LogP contribution >= 0.6 is 12.2 Å². The van der Waals surface area contributed by atoms with Crippen molar-refractivity contribution in [1.82, 2.24) is 10.3 Å². The Kier molecular flexibility index (Phi) is 5.03. The summed E-state index contributed by atoms with van der Waals surface area (Å²) in [5, 5.41) is 7.12. The van der Waals surface area contributed by atoms with Gasteiger partial charge in [-0.15, -0.1) is 0 Å². The van der Waals surface area contributed by atoms with Gasteiger partial charge in [-0.3, -0.25) is 0 Å². The third-order valence-corrected chi connectivity index (χ3v) is 5.04. The molecule has 0 saturated carbocycles. The summed E-state index contributed by atoms with van der Waals surface area (Å²) in [4.78, 5) is 6.89. The molecule has 0 fully saturated rings. The van der Waals surface area contributed by atoms with Gasteiger partial charge in [-0.2, -0.15) is 0 Å². The van der Waals surface area contributed by atoms with Crippen molar-refractivity contribution in [2.75, 3.05) is 10.2 Å². The van der Waals surface area contributed by atoms with E-state index in [4.69, 9.17) is 12.2 Å². The fraction of sp³-hybridized carbons (Fsp3) is 0.182. The highest BCUT2D eigenvalue weighted by atomic mass is 32.1. The monoisotopic (exact) mass is 374 g/mol. The number of anilines is 2. The van der Waals surface area contributed by atoms with Crippen LogP contribution in [0.1, 0.15) is 29.7 Å². The first kappa shape index (κ1) is 17.5. The predicted octanol–water partition coefficient (Wildman–Crippen LogP) is 4.65. The average molecular weight is 375 g/mol. The van der Waals surface area contributed by atoms with Crippen LogP contribution in [0, 0.1) is 0 Å². The van der Waals surface area contributed by atoms with E-state index in [2.05, 4.69) is 63.8 Å². The maximum Gasteiger partial charge on any atom is 0.171 e. The molecular weight excluding hydrogens is 352 g/mol. The first-order chi connectivity index (χ1) is 13.2. The average Bonchev–Trinajstić information content (AvgIpc) is 3.13. The molecule has 0 amide bonds. The third kappa shape index (κ3) is 4.09. The second-order valence-corrected chi connectivity index (χ2v) is 7.17. The lowest BCUT2D eigenvalue weighted by molar-refractivity contribution is 0.722. The highest BCUT2D eigenvalue weighted by molar-refractivity contribution is 7.80. The number of nitrogens with zero attached hydrogens (tertiary/aromatic N) is 2. The van der Waals surface area contributed by atoms with Crippen molar-refractivity contribution in [3.8, 4) is 0 Å². The molecule has 0 radical (unpaired) electrons. The highest BCUT2D eigenvalue weighted by Gasteiger charge is 2.19. The summed E-state index contributed by atoms with van der Waals surface area (Å²) in [6.07, 6.45) is 1.83. The number of aromatic nitrogens is 1. The summed E-state index contributed by atoms with van der Waals surface area (Å²) in [6, 6.07) is 23.0. The minimum absolute atomic E-state index is 0.140. The fourth-order valence-electron chi connectivity index (χ4n) is 3.33. The van der Waals surface area contributed by atoms with Crippen LogP contribution < -0.4 is 15.5 Å². The molecule has 3 aromatic rings. The number of benzene rings is 2. The number of hydrogen-bond acceptors (Lipinski definition) is 3. The van der Waals surface area contributed by atoms with Gasteiger partial charge in [0.1, 0.15) is 5.82 Å². The molecule has 0 bridgehead atoms. The van der Waals surface area contributed by atoms with E-state index in [1.807, 2.05) is 36.5 Å². The van der Waals surface area contributed by atoms with Gasteiger partial charge in [0.2, 0.25) is 0 Å². The lowest BCUT2D eigenvalue weighted by Crippen LogP contribution is -2.30. The van der Waals surface area contributed by atoms with Crippen molar-refractivity contribution < 1.29 is 0 Å². The van der Waals surface area contributed by atoms with Crippen molar-refractivity contribution in [3.05, 3.63) is 89.6 Å². The summed E-state index contributed by atoms with van der Waals surface area (Å²) < 4.78 is 0. The van der Waals surface area contributed by atoms with Crippen LogP contribution in [0.25, 0.3) is 0 Å². The first-order valence-electron chi connectivity index (χ1n) is 9.09. The van der Waals surface area contributed by atoms with Gasteiger partial charge in [-0.25, -0.2) is 4.98 Å². The maximum absolute atomic E-state index is 5.44. The fourth-order valence-corrected chi connectivity index (χ4v) is 3.63. The molecule has 0 unspecified atom stereocenters. The lowest BCUT2D eigenvalue weighted by Gasteiger charge is -2.19. The van der Waals surface area contributed by atoms with Gasteiger partial charge in [0.15, 0.2) is 5.11 Å². The van der Waals surface area contributed by atoms with E-state index in [9.17, 15) is 0 Å². The number of rotatable bonds is 4. The maximum atomic E-state index is 5.44. The summed E-state index contributed by atoms with van der Waals surface area (Å²) >= 11 is 5.44. The molecule has 0 aliphatic carbocycles. The molecule has 1 aliphatic rings. The number of thiocarbonyl (C=S) groups is 1. The molecule has 5 heteroatoms. The molecule has 0 spiro atoms. The van der Waals surface area contributed by atoms with Crippen molar-refractivity contribution >= 4 is 28.8 Å². The van der Waals surface area contributed by atoms with E-state index >= 15 is 0 Å². The topological polar surface area (TPSA) is 40.2 Å². The Hall–Kier alpha value is -2.92. The summed E-state index contributed by atoms with van der Waals surface area (Å²) in [6.45, 7) is 3.91. The van der Waals surface area contributed by atoms with Crippen LogP contribution in [-0.4, -0.2) is 10.1 Å². The number of nitrogens with one attached hydrogen (secondary N) is 2. The van der Waals surface area contributed by atoms with Gasteiger partial charge in [0, 0.05) is 13.1 Å². The Morgan fingerprint density at radius 1 is 0.963 bits per heavy atom. The quantitative estimate of drug-likeness (QED) is 0.651. The molecule has 1 atom stereocenters. The van der Waals surface area contributed by atoms with Crippen LogP contribution in [0.3, 0.4) is 0 Å². The molecule has 4 rings (SSSR count). The number of hydrogen-bond donors (Lipinski definition) is 2. The van der Waals surface area contributed by atoms with E-state index < -0.39 is 0 Å². The molecule has 0 saturated heterocycles. The molecule has 2 heterocycles. The first-order valence-corrected chi connectivity index (χ1v) is 9.50. The highest BCUT2D eigenvalue weighted by Crippen LogP contribution is 2.27. The largest absolute Gasteiger partial charge is 0.356 e. The summed E-state index contributed by atoms with van der Waals surface area (Å²) in [7, 11) is 0. The predicted molar refractivity (Wildman–Crippen MR) is 115 cm³/mol.